The van der Waals surface area contributed by atoms with E-state index in [1.54, 1.807) is 4.90 Å². The highest BCUT2D eigenvalue weighted by Gasteiger charge is 2.32. The average Bonchev–Trinajstić information content (AvgIpc) is 2.73. The Morgan fingerprint density at radius 2 is 1.90 bits per heavy atom. The van der Waals surface area contributed by atoms with Gasteiger partial charge in [0.25, 0.3) is 0 Å². The van der Waals surface area contributed by atoms with E-state index < -0.39 is 16.9 Å². The maximum Gasteiger partial charge on any atom is 0.338 e. The topological polar surface area (TPSA) is 70.2 Å². The van der Waals surface area contributed by atoms with E-state index >= 15 is 0 Å². The predicted octanol–water partition coefficient (Wildman–Crippen LogP) is 3.15. The largest absolute Gasteiger partial charge is 0.338 e. The van der Waals surface area contributed by atoms with Crippen molar-refractivity contribution in [3.05, 3.63) is 34.9 Å². The van der Waals surface area contributed by atoms with Crippen molar-refractivity contribution in [2.75, 3.05) is 39.3 Å². The van der Waals surface area contributed by atoms with Gasteiger partial charge in [-0.05, 0) is 42.9 Å². The Balaban J connectivity index is 1.58. The summed E-state index contributed by atoms with van der Waals surface area (Å²) in [5.74, 6) is 0.217. The van der Waals surface area contributed by atoms with Gasteiger partial charge >= 0.3 is 10.3 Å². The molecule has 0 N–H and O–H groups in total. The van der Waals surface area contributed by atoms with Crippen LogP contribution in [0, 0.1) is 5.92 Å². The zero-order valence-corrected chi connectivity index (χ0v) is 20.1. The van der Waals surface area contributed by atoms with E-state index in [1.807, 2.05) is 18.2 Å². The average molecular weight is 472 g/mol. The zero-order valence-electron chi connectivity index (χ0n) is 18.5. The van der Waals surface area contributed by atoms with Gasteiger partial charge in [-0.15, -0.1) is 0 Å². The van der Waals surface area contributed by atoms with E-state index in [0.717, 1.165) is 49.4 Å². The minimum absolute atomic E-state index is 0.204. The van der Waals surface area contributed by atoms with E-state index in [0.29, 0.717) is 32.1 Å². The normalized spacial score (nSPS) is 21.5. The smallest absolute Gasteiger partial charge is 0.338 e. The monoisotopic (exact) mass is 471 g/mol. The van der Waals surface area contributed by atoms with Gasteiger partial charge in [0.15, 0.2) is 0 Å². The molecule has 2 saturated heterocycles. The van der Waals surface area contributed by atoms with E-state index in [1.165, 1.54) is 4.31 Å². The van der Waals surface area contributed by atoms with Crippen LogP contribution < -0.4 is 0 Å². The Labute approximate surface area is 191 Å². The van der Waals surface area contributed by atoms with E-state index in [2.05, 4.69) is 24.8 Å². The molecule has 0 saturated carbocycles. The first kappa shape index (κ1) is 24.5. The summed E-state index contributed by atoms with van der Waals surface area (Å²) < 4.78 is 31.2. The molecule has 31 heavy (non-hydrogen) atoms. The number of carbonyl (C=O) groups is 1. The Hall–Kier alpha value is -1.19. The lowest BCUT2D eigenvalue weighted by Crippen LogP contribution is -2.55. The summed E-state index contributed by atoms with van der Waals surface area (Å²) in [6.07, 6.45) is 3.66. The molecule has 0 aliphatic carbocycles. The number of piperazine rings is 1. The second kappa shape index (κ2) is 11.1. The Morgan fingerprint density at radius 3 is 2.58 bits per heavy atom. The molecule has 2 heterocycles. The van der Waals surface area contributed by atoms with Crippen molar-refractivity contribution < 1.29 is 17.4 Å². The van der Waals surface area contributed by atoms with Crippen molar-refractivity contribution >= 4 is 27.8 Å². The van der Waals surface area contributed by atoms with Crippen molar-refractivity contribution in [3.63, 3.8) is 0 Å². The van der Waals surface area contributed by atoms with E-state index in [9.17, 15) is 13.2 Å². The summed E-state index contributed by atoms with van der Waals surface area (Å²) in [6, 6.07) is 8.07. The summed E-state index contributed by atoms with van der Waals surface area (Å²) in [4.78, 5) is 16.9. The summed E-state index contributed by atoms with van der Waals surface area (Å²) in [7, 11) is -3.84. The van der Waals surface area contributed by atoms with E-state index in [4.69, 9.17) is 15.8 Å². The van der Waals surface area contributed by atoms with Crippen molar-refractivity contribution in [2.24, 2.45) is 5.92 Å². The molecule has 0 radical (unpaired) electrons. The molecule has 1 aromatic carbocycles. The van der Waals surface area contributed by atoms with Crippen LogP contribution in [0.1, 0.15) is 45.1 Å². The van der Waals surface area contributed by atoms with Crippen LogP contribution in [-0.4, -0.2) is 73.8 Å². The second-order valence-corrected chi connectivity index (χ2v) is 10.9. The number of nitrogens with zero attached hydrogens (tertiary/aromatic N) is 3. The Morgan fingerprint density at radius 1 is 1.16 bits per heavy atom. The third-order valence-electron chi connectivity index (χ3n) is 5.94. The predicted molar refractivity (Wildman–Crippen MR) is 122 cm³/mol. The first-order valence-corrected chi connectivity index (χ1v) is 12.9. The summed E-state index contributed by atoms with van der Waals surface area (Å²) in [6.45, 7) is 7.49. The van der Waals surface area contributed by atoms with Gasteiger partial charge in [-0.1, -0.05) is 44.0 Å². The number of hydrogen-bond donors (Lipinski definition) is 0. The lowest BCUT2D eigenvalue weighted by atomic mass is 9.99. The van der Waals surface area contributed by atoms with Gasteiger partial charge < -0.3 is 4.90 Å². The summed E-state index contributed by atoms with van der Waals surface area (Å²) >= 11 is 6.14. The van der Waals surface area contributed by atoms with Crippen LogP contribution in [0.5, 0.6) is 0 Å². The Kier molecular flexibility index (Phi) is 8.75. The van der Waals surface area contributed by atoms with Crippen LogP contribution in [0.2, 0.25) is 5.02 Å². The van der Waals surface area contributed by atoms with Gasteiger partial charge in [0.2, 0.25) is 5.91 Å². The molecule has 9 heteroatoms. The van der Waals surface area contributed by atoms with Gasteiger partial charge in [0.05, 0.1) is 0 Å². The number of rotatable bonds is 8. The fraction of sp³-hybridized carbons (Fsp3) is 0.682. The lowest BCUT2D eigenvalue weighted by Gasteiger charge is -2.42. The first-order chi connectivity index (χ1) is 14.7. The molecule has 3 rings (SSSR count). The molecule has 2 fully saturated rings. The van der Waals surface area contributed by atoms with Crippen molar-refractivity contribution in [2.45, 2.75) is 52.1 Å². The molecule has 0 bridgehead atoms. The van der Waals surface area contributed by atoms with Gasteiger partial charge in [-0.3, -0.25) is 9.69 Å². The van der Waals surface area contributed by atoms with Crippen LogP contribution >= 0.6 is 11.6 Å². The summed E-state index contributed by atoms with van der Waals surface area (Å²) in [5, 5.41) is 0.721. The quantitative estimate of drug-likeness (QED) is 0.582. The zero-order chi connectivity index (χ0) is 22.4. The van der Waals surface area contributed by atoms with E-state index in [-0.39, 0.29) is 11.9 Å². The maximum absolute atomic E-state index is 12.8. The molecule has 1 atom stereocenters. The van der Waals surface area contributed by atoms with Crippen molar-refractivity contribution in [1.82, 2.24) is 14.1 Å². The molecular weight excluding hydrogens is 438 g/mol. The summed E-state index contributed by atoms with van der Waals surface area (Å²) in [5.41, 5.74) is 1.15. The number of hydrogen-bond acceptors (Lipinski definition) is 5. The van der Waals surface area contributed by atoms with Gasteiger partial charge in [0.1, 0.15) is 6.61 Å². The van der Waals surface area contributed by atoms with Crippen molar-refractivity contribution in [1.29, 1.82) is 0 Å². The molecule has 174 valence electrons. The fourth-order valence-electron chi connectivity index (χ4n) is 4.34. The minimum atomic E-state index is -3.84. The maximum atomic E-state index is 12.8. The minimum Gasteiger partial charge on any atom is -0.338 e. The highest BCUT2D eigenvalue weighted by molar-refractivity contribution is 7.84. The molecule has 1 aromatic rings. The molecule has 2 aliphatic rings. The molecule has 0 aromatic heterocycles. The fourth-order valence-corrected chi connectivity index (χ4v) is 5.66. The first-order valence-electron chi connectivity index (χ1n) is 11.2. The SMILES string of the molecule is CC(C)C[C@@H]1CN(C(=O)COS(=O)(=O)N2CCCCC2)CCN1Cc1cccc(Cl)c1. The lowest BCUT2D eigenvalue weighted by molar-refractivity contribution is -0.136. The molecule has 0 spiro atoms. The highest BCUT2D eigenvalue weighted by Crippen LogP contribution is 2.22. The van der Waals surface area contributed by atoms with Crippen LogP contribution in [-0.2, 0) is 25.8 Å². The van der Waals surface area contributed by atoms with Crippen LogP contribution in [0.4, 0.5) is 0 Å². The van der Waals surface area contributed by atoms with Crippen LogP contribution in [0.3, 0.4) is 0 Å². The molecule has 1 amide bonds. The van der Waals surface area contributed by atoms with Crippen LogP contribution in [0.15, 0.2) is 24.3 Å². The van der Waals surface area contributed by atoms with Crippen LogP contribution in [0.25, 0.3) is 0 Å². The molecule has 7 nitrogen and oxygen atoms in total. The molecule has 0 unspecified atom stereocenters. The van der Waals surface area contributed by atoms with Gasteiger partial charge in [-0.2, -0.15) is 12.7 Å². The van der Waals surface area contributed by atoms with Gasteiger partial charge in [0, 0.05) is 50.3 Å². The Bertz CT molecular complexity index is 843. The second-order valence-electron chi connectivity index (χ2n) is 8.90. The third kappa shape index (κ3) is 7.15. The number of halogens is 1. The van der Waals surface area contributed by atoms with Crippen molar-refractivity contribution in [3.8, 4) is 0 Å². The number of carbonyl (C=O) groups excluding carboxylic acids is 1. The van der Waals surface area contributed by atoms with Gasteiger partial charge in [-0.25, -0.2) is 4.18 Å². The standard InChI is InChI=1S/C22H34ClN3O4S/c1-18(2)13-21-16-25(12-11-24(21)15-19-7-6-8-20(23)14-19)22(27)17-30-31(28,29)26-9-4-3-5-10-26/h6-8,14,18,21H,3-5,9-13,15-17H2,1-2H3/t21-/m1/s1. The third-order valence-corrected chi connectivity index (χ3v) is 7.59. The molecular formula is C22H34ClN3O4S. The molecule has 2 aliphatic heterocycles. The number of piperidine rings is 1. The number of benzene rings is 1. The highest BCUT2D eigenvalue weighted by atomic mass is 35.5. The number of amides is 1.